The Morgan fingerprint density at radius 1 is 1.53 bits per heavy atom. The van der Waals surface area contributed by atoms with Gasteiger partial charge in [-0.05, 0) is 23.7 Å². The fourth-order valence-electron chi connectivity index (χ4n) is 2.34. The molecule has 0 saturated carbocycles. The Kier molecular flexibility index (Phi) is 3.99. The molecule has 1 heterocycles. The molecule has 1 aliphatic heterocycles. The van der Waals surface area contributed by atoms with E-state index in [1.54, 1.807) is 6.07 Å². The zero-order valence-electron chi connectivity index (χ0n) is 11.0. The van der Waals surface area contributed by atoms with Gasteiger partial charge in [-0.3, -0.25) is 10.1 Å². The molecule has 6 heteroatoms. The van der Waals surface area contributed by atoms with Crippen molar-refractivity contribution in [2.24, 2.45) is 5.41 Å². The smallest absolute Gasteiger partial charge is 0.304 e. The summed E-state index contributed by atoms with van der Waals surface area (Å²) in [6.45, 7) is 4.43. The Morgan fingerprint density at radius 3 is 2.84 bits per heavy atom. The third-order valence-electron chi connectivity index (χ3n) is 3.13. The van der Waals surface area contributed by atoms with E-state index in [2.05, 4.69) is 19.2 Å². The molecule has 1 fully saturated rings. The number of benzene rings is 1. The second kappa shape index (κ2) is 5.36. The Balaban J connectivity index is 2.07. The lowest BCUT2D eigenvalue weighted by Crippen LogP contribution is -2.35. The summed E-state index contributed by atoms with van der Waals surface area (Å²) in [5, 5.41) is 13.8. The van der Waals surface area contributed by atoms with Crippen LogP contribution in [0.2, 0.25) is 0 Å². The minimum absolute atomic E-state index is 0.264. The maximum atomic E-state index is 13.5. The van der Waals surface area contributed by atoms with Gasteiger partial charge in [0, 0.05) is 29.6 Å². The largest absolute Gasteiger partial charge is 0.381 e. The van der Waals surface area contributed by atoms with Crippen LogP contribution in [0, 0.1) is 21.3 Å². The molecule has 2 rings (SSSR count). The molecule has 1 unspecified atom stereocenters. The zero-order valence-corrected chi connectivity index (χ0v) is 11.8. The van der Waals surface area contributed by atoms with Crippen LogP contribution in [0.1, 0.15) is 20.3 Å². The molecule has 0 aromatic heterocycles. The number of nitro groups is 1. The van der Waals surface area contributed by atoms with Crippen molar-refractivity contribution in [2.75, 3.05) is 16.8 Å². The van der Waals surface area contributed by atoms with Gasteiger partial charge in [-0.2, -0.15) is 16.2 Å². The monoisotopic (exact) mass is 284 g/mol. The number of nitrogens with zero attached hydrogens (tertiary/aromatic N) is 1. The summed E-state index contributed by atoms with van der Waals surface area (Å²) >= 11 is 1.88. The van der Waals surface area contributed by atoms with E-state index in [9.17, 15) is 14.5 Å². The molecule has 0 radical (unpaired) electrons. The van der Waals surface area contributed by atoms with Crippen LogP contribution in [0.3, 0.4) is 0 Å². The van der Waals surface area contributed by atoms with E-state index in [-0.39, 0.29) is 11.5 Å². The SMILES string of the molecule is CC1(C)CSCC(Nc2ccc([N+](=O)[O-])c(F)c2)C1. The topological polar surface area (TPSA) is 55.2 Å². The molecule has 1 aliphatic rings. The molecule has 4 nitrogen and oxygen atoms in total. The predicted molar refractivity (Wildman–Crippen MR) is 76.2 cm³/mol. The standard InChI is InChI=1S/C13H17FN2O2S/c1-13(2)6-10(7-19-8-13)15-9-3-4-12(16(17)18)11(14)5-9/h3-5,10,15H,6-8H2,1-2H3. The Hall–Kier alpha value is -1.30. The van der Waals surface area contributed by atoms with Crippen molar-refractivity contribution < 1.29 is 9.31 Å². The molecule has 1 atom stereocenters. The van der Waals surface area contributed by atoms with Gasteiger partial charge in [0.1, 0.15) is 0 Å². The van der Waals surface area contributed by atoms with Crippen molar-refractivity contribution in [2.45, 2.75) is 26.3 Å². The summed E-state index contributed by atoms with van der Waals surface area (Å²) in [4.78, 5) is 9.84. The number of hydrogen-bond donors (Lipinski definition) is 1. The summed E-state index contributed by atoms with van der Waals surface area (Å²) in [6, 6.07) is 4.24. The molecule has 19 heavy (non-hydrogen) atoms. The maximum absolute atomic E-state index is 13.5. The van der Waals surface area contributed by atoms with Crippen molar-refractivity contribution in [3.63, 3.8) is 0 Å². The minimum atomic E-state index is -0.794. The third kappa shape index (κ3) is 3.59. The van der Waals surface area contributed by atoms with Gasteiger partial charge in [0.05, 0.1) is 4.92 Å². The van der Waals surface area contributed by atoms with Crippen LogP contribution < -0.4 is 5.32 Å². The summed E-state index contributed by atoms with van der Waals surface area (Å²) < 4.78 is 13.5. The van der Waals surface area contributed by atoms with Gasteiger partial charge in [0.15, 0.2) is 0 Å². The zero-order chi connectivity index (χ0) is 14.0. The van der Waals surface area contributed by atoms with Gasteiger partial charge in [0.25, 0.3) is 0 Å². The highest BCUT2D eigenvalue weighted by atomic mass is 32.2. The van der Waals surface area contributed by atoms with E-state index in [0.717, 1.165) is 17.9 Å². The van der Waals surface area contributed by atoms with Crippen LogP contribution in [0.5, 0.6) is 0 Å². The fourth-order valence-corrected chi connectivity index (χ4v) is 3.61. The highest BCUT2D eigenvalue weighted by Gasteiger charge is 2.28. The van der Waals surface area contributed by atoms with Crippen LogP contribution in [0.25, 0.3) is 0 Å². The lowest BCUT2D eigenvalue weighted by molar-refractivity contribution is -0.387. The lowest BCUT2D eigenvalue weighted by Gasteiger charge is -2.35. The van der Waals surface area contributed by atoms with Crippen molar-refractivity contribution >= 4 is 23.1 Å². The molecular weight excluding hydrogens is 267 g/mol. The second-order valence-electron chi connectivity index (χ2n) is 5.65. The molecule has 104 valence electrons. The number of thioether (sulfide) groups is 1. The molecular formula is C13H17FN2O2S. The van der Waals surface area contributed by atoms with Crippen LogP contribution in [-0.4, -0.2) is 22.5 Å². The highest BCUT2D eigenvalue weighted by molar-refractivity contribution is 7.99. The fraction of sp³-hybridized carbons (Fsp3) is 0.538. The molecule has 0 spiro atoms. The van der Waals surface area contributed by atoms with Gasteiger partial charge in [-0.15, -0.1) is 0 Å². The average Bonchev–Trinajstić information content (AvgIpc) is 2.27. The molecule has 1 aromatic rings. The number of nitro benzene ring substituents is 1. The summed E-state index contributed by atoms with van der Waals surface area (Å²) in [6.07, 6.45) is 1.01. The van der Waals surface area contributed by atoms with Crippen molar-refractivity contribution in [3.8, 4) is 0 Å². The first-order valence-corrected chi connectivity index (χ1v) is 7.31. The first-order valence-electron chi connectivity index (χ1n) is 6.16. The van der Waals surface area contributed by atoms with Crippen LogP contribution in [0.15, 0.2) is 18.2 Å². The first kappa shape index (κ1) is 14.1. The van der Waals surface area contributed by atoms with Gasteiger partial charge < -0.3 is 5.32 Å². The van der Waals surface area contributed by atoms with E-state index in [0.29, 0.717) is 5.69 Å². The van der Waals surface area contributed by atoms with Gasteiger partial charge in [-0.25, -0.2) is 0 Å². The van der Waals surface area contributed by atoms with Gasteiger partial charge in [0.2, 0.25) is 5.82 Å². The Labute approximate surface area is 115 Å². The summed E-state index contributed by atoms with van der Waals surface area (Å²) in [5.41, 5.74) is 0.384. The second-order valence-corrected chi connectivity index (χ2v) is 6.68. The van der Waals surface area contributed by atoms with Gasteiger partial charge in [-0.1, -0.05) is 13.8 Å². The highest BCUT2D eigenvalue weighted by Crippen LogP contribution is 2.35. The molecule has 1 N–H and O–H groups in total. The predicted octanol–water partition coefficient (Wildman–Crippen LogP) is 3.68. The number of nitrogens with one attached hydrogen (secondary N) is 1. The molecule has 0 aliphatic carbocycles. The van der Waals surface area contributed by atoms with E-state index in [4.69, 9.17) is 0 Å². The van der Waals surface area contributed by atoms with Crippen molar-refractivity contribution in [1.29, 1.82) is 0 Å². The van der Waals surface area contributed by atoms with Gasteiger partial charge >= 0.3 is 5.69 Å². The lowest BCUT2D eigenvalue weighted by atomic mass is 9.88. The number of halogens is 1. The van der Waals surface area contributed by atoms with E-state index in [1.807, 2.05) is 11.8 Å². The maximum Gasteiger partial charge on any atom is 0.304 e. The number of anilines is 1. The van der Waals surface area contributed by atoms with Crippen LogP contribution >= 0.6 is 11.8 Å². The van der Waals surface area contributed by atoms with E-state index >= 15 is 0 Å². The normalized spacial score (nSPS) is 21.9. The number of hydrogen-bond acceptors (Lipinski definition) is 4. The van der Waals surface area contributed by atoms with E-state index < -0.39 is 16.4 Å². The molecule has 1 saturated heterocycles. The molecule has 0 bridgehead atoms. The number of rotatable bonds is 3. The average molecular weight is 284 g/mol. The van der Waals surface area contributed by atoms with E-state index in [1.165, 1.54) is 12.1 Å². The Bertz CT molecular complexity index is 494. The summed E-state index contributed by atoms with van der Waals surface area (Å²) in [7, 11) is 0. The molecule has 0 amide bonds. The van der Waals surface area contributed by atoms with Crippen LogP contribution in [0.4, 0.5) is 15.8 Å². The summed E-state index contributed by atoms with van der Waals surface area (Å²) in [5.74, 6) is 1.31. The minimum Gasteiger partial charge on any atom is -0.381 e. The molecule has 1 aromatic carbocycles. The van der Waals surface area contributed by atoms with Crippen molar-refractivity contribution in [1.82, 2.24) is 0 Å². The first-order chi connectivity index (χ1) is 8.87. The van der Waals surface area contributed by atoms with Crippen LogP contribution in [-0.2, 0) is 0 Å². The van der Waals surface area contributed by atoms with Crippen molar-refractivity contribution in [3.05, 3.63) is 34.1 Å². The quantitative estimate of drug-likeness (QED) is 0.679. The third-order valence-corrected chi connectivity index (χ3v) is 4.75. The Morgan fingerprint density at radius 2 is 2.26 bits per heavy atom.